The Morgan fingerprint density at radius 3 is 2.40 bits per heavy atom. The van der Waals surface area contributed by atoms with Crippen LogP contribution in [0.3, 0.4) is 0 Å². The number of rotatable bonds is 5. The van der Waals surface area contributed by atoms with E-state index in [0.717, 1.165) is 11.3 Å². The van der Waals surface area contributed by atoms with Crippen LogP contribution in [0.4, 0.5) is 11.4 Å². The fourth-order valence-electron chi connectivity index (χ4n) is 2.11. The van der Waals surface area contributed by atoms with Gasteiger partial charge in [-0.15, -0.1) is 0 Å². The molecule has 6 nitrogen and oxygen atoms in total. The molecule has 6 heteroatoms. The van der Waals surface area contributed by atoms with Gasteiger partial charge in [0.15, 0.2) is 0 Å². The number of nitriles is 1. The van der Waals surface area contributed by atoms with Crippen LogP contribution in [0.25, 0.3) is 6.08 Å². The Morgan fingerprint density at radius 1 is 1.16 bits per heavy atom. The predicted octanol–water partition coefficient (Wildman–Crippen LogP) is 3.00. The van der Waals surface area contributed by atoms with E-state index in [9.17, 15) is 14.9 Å². The van der Waals surface area contributed by atoms with Crippen molar-refractivity contribution >= 4 is 29.3 Å². The van der Waals surface area contributed by atoms with Crippen LogP contribution in [0.15, 0.2) is 54.1 Å². The van der Waals surface area contributed by atoms with Crippen LogP contribution in [0.2, 0.25) is 0 Å². The number of carboxylic acids is 1. The number of nitrogens with one attached hydrogen (secondary N) is 1. The van der Waals surface area contributed by atoms with Crippen molar-refractivity contribution in [2.45, 2.75) is 0 Å². The number of benzene rings is 2. The minimum absolute atomic E-state index is 0.0551. The first kappa shape index (κ1) is 17.8. The van der Waals surface area contributed by atoms with Gasteiger partial charge in [-0.2, -0.15) is 5.26 Å². The predicted molar refractivity (Wildman–Crippen MR) is 96.4 cm³/mol. The van der Waals surface area contributed by atoms with Crippen molar-refractivity contribution in [3.05, 3.63) is 65.2 Å². The van der Waals surface area contributed by atoms with Crippen molar-refractivity contribution in [1.29, 1.82) is 5.26 Å². The third kappa shape index (κ3) is 4.69. The Bertz CT molecular complexity index is 862. The summed E-state index contributed by atoms with van der Waals surface area (Å²) in [5.74, 6) is -1.69. The molecule has 0 unspecified atom stereocenters. The third-order valence-electron chi connectivity index (χ3n) is 3.45. The van der Waals surface area contributed by atoms with E-state index in [0.29, 0.717) is 5.69 Å². The van der Waals surface area contributed by atoms with Crippen LogP contribution in [-0.4, -0.2) is 31.1 Å². The molecule has 0 bridgehead atoms. The minimum Gasteiger partial charge on any atom is -0.478 e. The molecule has 0 spiro atoms. The number of amides is 1. The molecule has 0 aliphatic rings. The molecule has 0 atom stereocenters. The second kappa shape index (κ2) is 7.79. The van der Waals surface area contributed by atoms with Crippen LogP contribution >= 0.6 is 0 Å². The number of aromatic carboxylic acids is 1. The standard InChI is InChI=1S/C19H17N3O3/c1-22(2)17-8-6-13(7-9-17)10-15(12-20)18(23)21-16-5-3-4-14(11-16)19(24)25/h3-11H,1-2H3,(H,21,23)(H,24,25)/b15-10-. The summed E-state index contributed by atoms with van der Waals surface area (Å²) in [5, 5.41) is 20.8. The number of nitrogens with zero attached hydrogens (tertiary/aromatic N) is 2. The normalized spacial score (nSPS) is 10.7. The second-order valence-corrected chi connectivity index (χ2v) is 5.50. The van der Waals surface area contributed by atoms with E-state index in [1.54, 1.807) is 6.07 Å². The highest BCUT2D eigenvalue weighted by atomic mass is 16.4. The zero-order valence-electron chi connectivity index (χ0n) is 13.9. The van der Waals surface area contributed by atoms with Crippen LogP contribution in [0.1, 0.15) is 15.9 Å². The Balaban J connectivity index is 2.19. The van der Waals surface area contributed by atoms with Gasteiger partial charge in [0.2, 0.25) is 0 Å². The van der Waals surface area contributed by atoms with Gasteiger partial charge < -0.3 is 15.3 Å². The number of hydrogen-bond acceptors (Lipinski definition) is 4. The van der Waals surface area contributed by atoms with Gasteiger partial charge in [-0.3, -0.25) is 4.79 Å². The summed E-state index contributed by atoms with van der Waals surface area (Å²) in [6, 6.07) is 15.1. The van der Waals surface area contributed by atoms with Crippen molar-refractivity contribution in [3.8, 4) is 6.07 Å². The monoisotopic (exact) mass is 335 g/mol. The van der Waals surface area contributed by atoms with Gasteiger partial charge in [-0.05, 0) is 42.0 Å². The highest BCUT2D eigenvalue weighted by Crippen LogP contribution is 2.16. The lowest BCUT2D eigenvalue weighted by Gasteiger charge is -2.12. The summed E-state index contributed by atoms with van der Waals surface area (Å²) in [7, 11) is 3.84. The number of carboxylic acid groups (broad SMARTS) is 1. The molecule has 0 aliphatic heterocycles. The third-order valence-corrected chi connectivity index (χ3v) is 3.45. The SMILES string of the molecule is CN(C)c1ccc(/C=C(/C#N)C(=O)Nc2cccc(C(=O)O)c2)cc1. The lowest BCUT2D eigenvalue weighted by molar-refractivity contribution is -0.112. The zero-order valence-corrected chi connectivity index (χ0v) is 13.9. The largest absolute Gasteiger partial charge is 0.478 e. The summed E-state index contributed by atoms with van der Waals surface area (Å²) < 4.78 is 0. The molecule has 0 radical (unpaired) electrons. The molecule has 2 aromatic carbocycles. The highest BCUT2D eigenvalue weighted by molar-refractivity contribution is 6.10. The zero-order chi connectivity index (χ0) is 18.4. The molecule has 0 fully saturated rings. The number of anilines is 2. The minimum atomic E-state index is -1.09. The summed E-state index contributed by atoms with van der Waals surface area (Å²) in [6.07, 6.45) is 1.48. The molecule has 0 aromatic heterocycles. The summed E-state index contributed by atoms with van der Waals surface area (Å²) in [4.78, 5) is 25.2. The fourth-order valence-corrected chi connectivity index (χ4v) is 2.11. The lowest BCUT2D eigenvalue weighted by atomic mass is 10.1. The summed E-state index contributed by atoms with van der Waals surface area (Å²) in [6.45, 7) is 0. The molecule has 0 heterocycles. The molecule has 25 heavy (non-hydrogen) atoms. The molecular weight excluding hydrogens is 318 g/mol. The Labute approximate surface area is 145 Å². The number of hydrogen-bond donors (Lipinski definition) is 2. The molecule has 0 saturated carbocycles. The van der Waals surface area contributed by atoms with E-state index < -0.39 is 11.9 Å². The lowest BCUT2D eigenvalue weighted by Crippen LogP contribution is -2.14. The van der Waals surface area contributed by atoms with Crippen LogP contribution < -0.4 is 10.2 Å². The molecule has 0 aliphatic carbocycles. The van der Waals surface area contributed by atoms with Gasteiger partial charge in [0.25, 0.3) is 5.91 Å². The fraction of sp³-hybridized carbons (Fsp3) is 0.105. The summed E-state index contributed by atoms with van der Waals surface area (Å²) in [5.41, 5.74) is 2.02. The van der Waals surface area contributed by atoms with Gasteiger partial charge in [-0.1, -0.05) is 18.2 Å². The average Bonchev–Trinajstić information content (AvgIpc) is 2.60. The van der Waals surface area contributed by atoms with Crippen molar-refractivity contribution in [2.24, 2.45) is 0 Å². The van der Waals surface area contributed by atoms with Crippen molar-refractivity contribution in [3.63, 3.8) is 0 Å². The van der Waals surface area contributed by atoms with Crippen molar-refractivity contribution in [2.75, 3.05) is 24.3 Å². The molecule has 126 valence electrons. The number of carbonyl (C=O) groups excluding carboxylic acids is 1. The summed E-state index contributed by atoms with van der Waals surface area (Å²) >= 11 is 0. The van der Waals surface area contributed by atoms with E-state index >= 15 is 0 Å². The van der Waals surface area contributed by atoms with Gasteiger partial charge in [0, 0.05) is 25.5 Å². The maximum Gasteiger partial charge on any atom is 0.335 e. The average molecular weight is 335 g/mol. The van der Waals surface area contributed by atoms with E-state index in [1.807, 2.05) is 49.3 Å². The first-order chi connectivity index (χ1) is 11.9. The first-order valence-corrected chi connectivity index (χ1v) is 7.44. The molecule has 2 aromatic rings. The van der Waals surface area contributed by atoms with E-state index in [4.69, 9.17) is 5.11 Å². The van der Waals surface area contributed by atoms with Gasteiger partial charge in [-0.25, -0.2) is 4.79 Å². The smallest absolute Gasteiger partial charge is 0.335 e. The maximum atomic E-state index is 12.2. The second-order valence-electron chi connectivity index (χ2n) is 5.50. The van der Waals surface area contributed by atoms with Gasteiger partial charge >= 0.3 is 5.97 Å². The topological polar surface area (TPSA) is 93.4 Å². The van der Waals surface area contributed by atoms with E-state index in [-0.39, 0.29) is 11.1 Å². The van der Waals surface area contributed by atoms with Crippen molar-refractivity contribution < 1.29 is 14.7 Å². The van der Waals surface area contributed by atoms with Gasteiger partial charge in [0.1, 0.15) is 11.6 Å². The molecular formula is C19H17N3O3. The Hall–Kier alpha value is -3.59. The van der Waals surface area contributed by atoms with E-state index in [1.165, 1.54) is 24.3 Å². The molecule has 2 rings (SSSR count). The van der Waals surface area contributed by atoms with E-state index in [2.05, 4.69) is 5.32 Å². The van der Waals surface area contributed by atoms with Gasteiger partial charge in [0.05, 0.1) is 5.56 Å². The number of carbonyl (C=O) groups is 2. The molecule has 0 saturated heterocycles. The quantitative estimate of drug-likeness (QED) is 0.647. The molecule has 1 amide bonds. The van der Waals surface area contributed by atoms with Crippen LogP contribution in [0, 0.1) is 11.3 Å². The Morgan fingerprint density at radius 2 is 1.84 bits per heavy atom. The first-order valence-electron chi connectivity index (χ1n) is 7.44. The molecule has 2 N–H and O–H groups in total. The van der Waals surface area contributed by atoms with Crippen LogP contribution in [0.5, 0.6) is 0 Å². The Kier molecular flexibility index (Phi) is 5.54. The maximum absolute atomic E-state index is 12.2. The van der Waals surface area contributed by atoms with Crippen LogP contribution in [-0.2, 0) is 4.79 Å². The van der Waals surface area contributed by atoms with Crippen molar-refractivity contribution in [1.82, 2.24) is 0 Å². The highest BCUT2D eigenvalue weighted by Gasteiger charge is 2.11.